The van der Waals surface area contributed by atoms with Gasteiger partial charge in [-0.1, -0.05) is 13.8 Å². The van der Waals surface area contributed by atoms with Crippen LogP contribution in [-0.4, -0.2) is 23.0 Å². The molecule has 1 aliphatic carbocycles. The molecule has 1 aromatic carbocycles. The van der Waals surface area contributed by atoms with Gasteiger partial charge in [-0.25, -0.2) is 13.6 Å². The van der Waals surface area contributed by atoms with Gasteiger partial charge in [-0.3, -0.25) is 4.79 Å². The topological polar surface area (TPSA) is 66.4 Å². The molecule has 2 rings (SSSR count). The molecule has 2 N–H and O–H groups in total. The lowest BCUT2D eigenvalue weighted by atomic mass is 10.0. The minimum atomic E-state index is -1.10. The first kappa shape index (κ1) is 15.4. The fraction of sp³-hybridized carbons (Fsp3) is 0.467. The quantitative estimate of drug-likeness (QED) is 0.876. The highest BCUT2D eigenvalue weighted by atomic mass is 19.1. The predicted molar refractivity (Wildman–Crippen MR) is 71.6 cm³/mol. The van der Waals surface area contributed by atoms with Crippen LogP contribution in [0.1, 0.15) is 31.7 Å². The van der Waals surface area contributed by atoms with Gasteiger partial charge in [0.25, 0.3) is 0 Å². The Bertz CT molecular complexity index is 574. The fourth-order valence-corrected chi connectivity index (χ4v) is 2.40. The smallest absolute Gasteiger partial charge is 0.326 e. The summed E-state index contributed by atoms with van der Waals surface area (Å²) >= 11 is 0. The first-order valence-corrected chi connectivity index (χ1v) is 6.79. The molecule has 0 radical (unpaired) electrons. The van der Waals surface area contributed by atoms with Crippen LogP contribution < -0.4 is 5.32 Å². The maximum Gasteiger partial charge on any atom is 0.326 e. The van der Waals surface area contributed by atoms with Crippen molar-refractivity contribution in [2.45, 2.75) is 32.2 Å². The van der Waals surface area contributed by atoms with Crippen LogP contribution in [0, 0.1) is 23.5 Å². The molecule has 0 bridgehead atoms. The molecule has 3 atom stereocenters. The Morgan fingerprint density at radius 2 is 2.00 bits per heavy atom. The molecule has 1 aliphatic rings. The van der Waals surface area contributed by atoms with E-state index in [0.29, 0.717) is 6.42 Å². The van der Waals surface area contributed by atoms with Gasteiger partial charge in [0.05, 0.1) is 0 Å². The van der Waals surface area contributed by atoms with E-state index in [0.717, 1.165) is 18.2 Å². The Labute approximate surface area is 121 Å². The number of carbonyl (C=O) groups is 2. The number of benzene rings is 1. The molecule has 21 heavy (non-hydrogen) atoms. The molecule has 1 amide bonds. The Morgan fingerprint density at radius 1 is 1.33 bits per heavy atom. The first-order valence-electron chi connectivity index (χ1n) is 6.79. The van der Waals surface area contributed by atoms with Crippen molar-refractivity contribution in [2.75, 3.05) is 0 Å². The lowest BCUT2D eigenvalue weighted by Gasteiger charge is -2.17. The van der Waals surface area contributed by atoms with Crippen molar-refractivity contribution in [1.29, 1.82) is 0 Å². The Balaban J connectivity index is 2.04. The molecule has 0 aliphatic heterocycles. The van der Waals surface area contributed by atoms with E-state index in [1.807, 2.05) is 0 Å². The maximum atomic E-state index is 13.6. The number of hydrogen-bond donors (Lipinski definition) is 2. The fourth-order valence-electron chi connectivity index (χ4n) is 2.40. The van der Waals surface area contributed by atoms with Crippen molar-refractivity contribution in [1.82, 2.24) is 5.32 Å². The summed E-state index contributed by atoms with van der Waals surface area (Å²) in [5, 5.41) is 11.5. The maximum absolute atomic E-state index is 13.6. The molecule has 4 nitrogen and oxygen atoms in total. The summed E-state index contributed by atoms with van der Waals surface area (Å²) in [4.78, 5) is 23.1. The Kier molecular flexibility index (Phi) is 4.25. The van der Waals surface area contributed by atoms with Crippen LogP contribution in [0.5, 0.6) is 0 Å². The average molecular weight is 297 g/mol. The molecular weight excluding hydrogens is 280 g/mol. The Hall–Kier alpha value is -1.98. The van der Waals surface area contributed by atoms with Gasteiger partial charge in [-0.05, 0) is 42.0 Å². The number of carbonyl (C=O) groups excluding carboxylic acids is 1. The molecule has 2 unspecified atom stereocenters. The monoisotopic (exact) mass is 297 g/mol. The van der Waals surface area contributed by atoms with Crippen LogP contribution >= 0.6 is 0 Å². The SMILES string of the molecule is CC(C)[C@H](NC(=O)C1CC1c1cc(F)ccc1F)C(=O)O. The normalized spacial score (nSPS) is 22.0. The van der Waals surface area contributed by atoms with Crippen molar-refractivity contribution in [3.8, 4) is 0 Å². The number of hydrogen-bond acceptors (Lipinski definition) is 2. The van der Waals surface area contributed by atoms with Gasteiger partial charge in [0.15, 0.2) is 0 Å². The van der Waals surface area contributed by atoms with Crippen LogP contribution in [-0.2, 0) is 9.59 Å². The van der Waals surface area contributed by atoms with Crippen LogP contribution in [0.2, 0.25) is 0 Å². The molecule has 114 valence electrons. The van der Waals surface area contributed by atoms with E-state index in [1.165, 1.54) is 0 Å². The predicted octanol–water partition coefficient (Wildman–Crippen LogP) is 2.29. The molecule has 1 saturated carbocycles. The van der Waals surface area contributed by atoms with Gasteiger partial charge in [-0.15, -0.1) is 0 Å². The third kappa shape index (κ3) is 3.37. The number of amides is 1. The second-order valence-corrected chi connectivity index (χ2v) is 5.68. The number of nitrogens with one attached hydrogen (secondary N) is 1. The van der Waals surface area contributed by atoms with E-state index in [4.69, 9.17) is 5.11 Å². The van der Waals surface area contributed by atoms with Gasteiger partial charge in [0.2, 0.25) is 5.91 Å². The summed E-state index contributed by atoms with van der Waals surface area (Å²) in [7, 11) is 0. The first-order chi connectivity index (χ1) is 9.81. The minimum absolute atomic E-state index is 0.173. The van der Waals surface area contributed by atoms with Gasteiger partial charge in [-0.2, -0.15) is 0 Å². The number of carboxylic acid groups (broad SMARTS) is 1. The molecule has 6 heteroatoms. The largest absolute Gasteiger partial charge is 0.480 e. The van der Waals surface area contributed by atoms with E-state index in [-0.39, 0.29) is 17.4 Å². The van der Waals surface area contributed by atoms with E-state index in [2.05, 4.69) is 5.32 Å². The van der Waals surface area contributed by atoms with Crippen LogP contribution in [0.4, 0.5) is 8.78 Å². The number of halogens is 2. The zero-order chi connectivity index (χ0) is 15.7. The highest BCUT2D eigenvalue weighted by Crippen LogP contribution is 2.48. The average Bonchev–Trinajstić information content (AvgIpc) is 3.18. The summed E-state index contributed by atoms with van der Waals surface area (Å²) < 4.78 is 26.8. The summed E-state index contributed by atoms with van der Waals surface area (Å²) in [5.41, 5.74) is 0.173. The van der Waals surface area contributed by atoms with Crippen molar-refractivity contribution in [2.24, 2.45) is 11.8 Å². The highest BCUT2D eigenvalue weighted by molar-refractivity contribution is 5.87. The number of carboxylic acids is 1. The summed E-state index contributed by atoms with van der Waals surface area (Å²) in [6.07, 6.45) is 0.399. The van der Waals surface area contributed by atoms with Crippen molar-refractivity contribution >= 4 is 11.9 Å². The third-order valence-electron chi connectivity index (χ3n) is 3.72. The molecule has 0 spiro atoms. The molecular formula is C15H17F2NO3. The lowest BCUT2D eigenvalue weighted by molar-refractivity contribution is -0.143. The molecule has 1 fully saturated rings. The molecule has 0 heterocycles. The van der Waals surface area contributed by atoms with E-state index >= 15 is 0 Å². The molecule has 1 aromatic rings. The van der Waals surface area contributed by atoms with Crippen LogP contribution in [0.15, 0.2) is 18.2 Å². The van der Waals surface area contributed by atoms with Crippen molar-refractivity contribution in [3.63, 3.8) is 0 Å². The van der Waals surface area contributed by atoms with Gasteiger partial charge >= 0.3 is 5.97 Å². The summed E-state index contributed by atoms with van der Waals surface area (Å²) in [6.45, 7) is 3.38. The summed E-state index contributed by atoms with van der Waals surface area (Å²) in [5.74, 6) is -3.77. The van der Waals surface area contributed by atoms with E-state index in [1.54, 1.807) is 13.8 Å². The third-order valence-corrected chi connectivity index (χ3v) is 3.72. The van der Waals surface area contributed by atoms with E-state index < -0.39 is 35.5 Å². The van der Waals surface area contributed by atoms with Gasteiger partial charge in [0, 0.05) is 5.92 Å². The molecule has 0 aromatic heterocycles. The molecule has 0 saturated heterocycles. The van der Waals surface area contributed by atoms with Gasteiger partial charge < -0.3 is 10.4 Å². The Morgan fingerprint density at radius 3 is 2.57 bits per heavy atom. The van der Waals surface area contributed by atoms with Crippen LogP contribution in [0.3, 0.4) is 0 Å². The lowest BCUT2D eigenvalue weighted by Crippen LogP contribution is -2.45. The zero-order valence-electron chi connectivity index (χ0n) is 11.8. The highest BCUT2D eigenvalue weighted by Gasteiger charge is 2.46. The van der Waals surface area contributed by atoms with E-state index in [9.17, 15) is 18.4 Å². The van der Waals surface area contributed by atoms with Crippen LogP contribution in [0.25, 0.3) is 0 Å². The summed E-state index contributed by atoms with van der Waals surface area (Å²) in [6, 6.07) is 2.17. The van der Waals surface area contributed by atoms with Gasteiger partial charge in [0.1, 0.15) is 17.7 Å². The second-order valence-electron chi connectivity index (χ2n) is 5.68. The standard InChI is InChI=1S/C15H17F2NO3/c1-7(2)13(15(20)21)18-14(19)11-6-9(11)10-5-8(16)3-4-12(10)17/h3-5,7,9,11,13H,6H2,1-2H3,(H,18,19)(H,20,21)/t9?,11?,13-/m0/s1. The second kappa shape index (κ2) is 5.79. The van der Waals surface area contributed by atoms with Crippen molar-refractivity contribution < 1.29 is 23.5 Å². The number of aliphatic carboxylic acids is 1. The number of rotatable bonds is 5. The zero-order valence-corrected chi connectivity index (χ0v) is 11.8. The minimum Gasteiger partial charge on any atom is -0.480 e. The van der Waals surface area contributed by atoms with Crippen molar-refractivity contribution in [3.05, 3.63) is 35.4 Å².